The molecule has 0 aliphatic carbocycles. The van der Waals surface area contributed by atoms with Gasteiger partial charge < -0.3 is 15.1 Å². The van der Waals surface area contributed by atoms with Gasteiger partial charge in [0.25, 0.3) is 5.91 Å². The summed E-state index contributed by atoms with van der Waals surface area (Å²) in [6.07, 6.45) is 4.71. The second kappa shape index (κ2) is 7.14. The smallest absolute Gasteiger partial charge is 0.253 e. The molecule has 2 unspecified atom stereocenters. The molecule has 4 nitrogen and oxygen atoms in total. The third-order valence-electron chi connectivity index (χ3n) is 5.51. The van der Waals surface area contributed by atoms with Gasteiger partial charge in [0.2, 0.25) is 0 Å². The van der Waals surface area contributed by atoms with Gasteiger partial charge in [0.05, 0.1) is 0 Å². The molecule has 2 bridgehead atoms. The van der Waals surface area contributed by atoms with E-state index in [1.54, 1.807) is 0 Å². The summed E-state index contributed by atoms with van der Waals surface area (Å²) in [4.78, 5) is 17.0. The zero-order valence-electron chi connectivity index (χ0n) is 15.5. The average molecular weight is 329 g/mol. The van der Waals surface area contributed by atoms with Crippen LogP contribution in [-0.2, 0) is 0 Å². The molecule has 0 radical (unpaired) electrons. The fourth-order valence-electron chi connectivity index (χ4n) is 4.22. The summed E-state index contributed by atoms with van der Waals surface area (Å²) in [6.45, 7) is 5.45. The quantitative estimate of drug-likeness (QED) is 0.901. The lowest BCUT2D eigenvalue weighted by atomic mass is 9.98. The van der Waals surface area contributed by atoms with Crippen LogP contribution in [0.4, 0.5) is 5.69 Å². The molecule has 3 rings (SSSR count). The van der Waals surface area contributed by atoms with Crippen LogP contribution in [0.5, 0.6) is 0 Å². The lowest BCUT2D eigenvalue weighted by Crippen LogP contribution is -2.48. The van der Waals surface area contributed by atoms with E-state index in [9.17, 15) is 4.79 Å². The maximum absolute atomic E-state index is 12.8. The zero-order valence-corrected chi connectivity index (χ0v) is 15.5. The molecule has 0 aromatic heterocycles. The van der Waals surface area contributed by atoms with Crippen molar-refractivity contribution in [3.63, 3.8) is 0 Å². The van der Waals surface area contributed by atoms with Crippen LogP contribution < -0.4 is 10.2 Å². The average Bonchev–Trinajstić information content (AvgIpc) is 2.91. The monoisotopic (exact) mass is 329 g/mol. The third kappa shape index (κ3) is 3.75. The molecule has 4 heteroatoms. The van der Waals surface area contributed by atoms with Crippen LogP contribution in [0.15, 0.2) is 24.3 Å². The van der Waals surface area contributed by atoms with E-state index in [4.69, 9.17) is 0 Å². The Labute approximate surface area is 146 Å². The molecule has 0 saturated carbocycles. The number of fused-ring (bicyclic) bond motifs is 2. The minimum atomic E-state index is 0.152. The van der Waals surface area contributed by atoms with Crippen LogP contribution in [0.2, 0.25) is 0 Å². The van der Waals surface area contributed by atoms with Gasteiger partial charge in [-0.15, -0.1) is 0 Å². The first-order chi connectivity index (χ1) is 11.4. The Hall–Kier alpha value is -1.55. The highest BCUT2D eigenvalue weighted by Gasteiger charge is 2.36. The number of nitrogens with zero attached hydrogens (tertiary/aromatic N) is 2. The zero-order chi connectivity index (χ0) is 17.3. The summed E-state index contributed by atoms with van der Waals surface area (Å²) in [5.41, 5.74) is 1.97. The molecular formula is C20H31N3O. The third-order valence-corrected chi connectivity index (χ3v) is 5.51. The van der Waals surface area contributed by atoms with Crippen LogP contribution in [-0.4, -0.2) is 49.6 Å². The Balaban J connectivity index is 1.64. The molecule has 2 fully saturated rings. The van der Waals surface area contributed by atoms with Gasteiger partial charge >= 0.3 is 0 Å². The molecular weight excluding hydrogens is 298 g/mol. The minimum absolute atomic E-state index is 0.152. The Morgan fingerprint density at radius 3 is 2.25 bits per heavy atom. The number of nitrogens with one attached hydrogen (secondary N) is 1. The van der Waals surface area contributed by atoms with E-state index in [0.29, 0.717) is 24.0 Å². The molecule has 0 spiro atoms. The fourth-order valence-corrected chi connectivity index (χ4v) is 4.22. The van der Waals surface area contributed by atoms with Crippen LogP contribution in [0.1, 0.15) is 49.9 Å². The maximum Gasteiger partial charge on any atom is 0.253 e. The number of rotatable bonds is 5. The summed E-state index contributed by atoms with van der Waals surface area (Å²) in [5.74, 6) is 0.775. The predicted molar refractivity (Wildman–Crippen MR) is 99.6 cm³/mol. The molecule has 24 heavy (non-hydrogen) atoms. The highest BCUT2D eigenvalue weighted by Crippen LogP contribution is 2.30. The Kier molecular flexibility index (Phi) is 5.14. The summed E-state index contributed by atoms with van der Waals surface area (Å²) in [7, 11) is 4.07. The lowest BCUT2D eigenvalue weighted by molar-refractivity contribution is 0.0681. The van der Waals surface area contributed by atoms with Crippen molar-refractivity contribution in [2.24, 2.45) is 5.92 Å². The highest BCUT2D eigenvalue weighted by molar-refractivity contribution is 5.94. The van der Waals surface area contributed by atoms with Crippen LogP contribution >= 0.6 is 0 Å². The van der Waals surface area contributed by atoms with Gasteiger partial charge in [0.1, 0.15) is 0 Å². The first-order valence-corrected chi connectivity index (χ1v) is 9.28. The summed E-state index contributed by atoms with van der Waals surface area (Å²) in [6, 6.07) is 9.67. The molecule has 1 aromatic carbocycles. The number of anilines is 1. The Bertz CT molecular complexity index is 557. The summed E-state index contributed by atoms with van der Waals surface area (Å²) in [5, 5.41) is 3.65. The minimum Gasteiger partial charge on any atom is -0.374 e. The number of carbonyl (C=O) groups is 1. The van der Waals surface area contributed by atoms with E-state index in [2.05, 4.69) is 43.2 Å². The second-order valence-corrected chi connectivity index (χ2v) is 8.00. The Morgan fingerprint density at radius 2 is 1.71 bits per heavy atom. The first-order valence-electron chi connectivity index (χ1n) is 9.28. The molecule has 2 atom stereocenters. The maximum atomic E-state index is 12.8. The summed E-state index contributed by atoms with van der Waals surface area (Å²) < 4.78 is 0. The van der Waals surface area contributed by atoms with Crippen molar-refractivity contribution in [3.8, 4) is 0 Å². The van der Waals surface area contributed by atoms with Gasteiger partial charge in [-0.25, -0.2) is 0 Å². The van der Waals surface area contributed by atoms with E-state index < -0.39 is 0 Å². The number of benzene rings is 1. The summed E-state index contributed by atoms with van der Waals surface area (Å²) >= 11 is 0. The first kappa shape index (κ1) is 17.3. The molecule has 2 saturated heterocycles. The van der Waals surface area contributed by atoms with Gasteiger partial charge in [-0.05, 0) is 55.9 Å². The fraction of sp³-hybridized carbons (Fsp3) is 0.650. The standard InChI is InChI=1S/C20H31N3O/c1-14(2)13-22(3)18-9-5-15(6-10-18)20(24)23(4)19-11-16-7-8-17(12-19)21-16/h5-6,9-10,14,16-17,19,21H,7-8,11-13H2,1-4H3. The number of piperidine rings is 1. The van der Waals surface area contributed by atoms with Gasteiger partial charge in [-0.1, -0.05) is 13.8 Å². The number of hydrogen-bond acceptors (Lipinski definition) is 3. The number of carbonyl (C=O) groups excluding carboxylic acids is 1. The Morgan fingerprint density at radius 1 is 1.12 bits per heavy atom. The van der Waals surface area contributed by atoms with Crippen molar-refractivity contribution in [1.82, 2.24) is 10.2 Å². The number of amides is 1. The van der Waals surface area contributed by atoms with E-state index in [-0.39, 0.29) is 5.91 Å². The molecule has 1 amide bonds. The molecule has 2 aliphatic rings. The van der Waals surface area contributed by atoms with Crippen molar-refractivity contribution < 1.29 is 4.79 Å². The van der Waals surface area contributed by atoms with E-state index in [1.165, 1.54) is 18.5 Å². The lowest BCUT2D eigenvalue weighted by Gasteiger charge is -2.35. The molecule has 2 aliphatic heterocycles. The van der Waals surface area contributed by atoms with Crippen LogP contribution in [0, 0.1) is 5.92 Å². The SMILES string of the molecule is CC(C)CN(C)c1ccc(C(=O)N(C)C2CC3CCC(C2)N3)cc1. The van der Waals surface area contributed by atoms with Gasteiger partial charge in [0, 0.05) is 50.0 Å². The number of hydrogen-bond donors (Lipinski definition) is 1. The second-order valence-electron chi connectivity index (χ2n) is 8.00. The van der Waals surface area contributed by atoms with E-state index in [1.807, 2.05) is 24.1 Å². The van der Waals surface area contributed by atoms with Crippen LogP contribution in [0.3, 0.4) is 0 Å². The van der Waals surface area contributed by atoms with Crippen molar-refractivity contribution in [1.29, 1.82) is 0 Å². The van der Waals surface area contributed by atoms with E-state index in [0.717, 1.165) is 24.9 Å². The van der Waals surface area contributed by atoms with E-state index >= 15 is 0 Å². The van der Waals surface area contributed by atoms with Gasteiger partial charge in [-0.3, -0.25) is 4.79 Å². The molecule has 132 valence electrons. The normalized spacial score (nSPS) is 25.8. The van der Waals surface area contributed by atoms with Crippen LogP contribution in [0.25, 0.3) is 0 Å². The van der Waals surface area contributed by atoms with Crippen molar-refractivity contribution in [3.05, 3.63) is 29.8 Å². The molecule has 1 N–H and O–H groups in total. The largest absolute Gasteiger partial charge is 0.374 e. The topological polar surface area (TPSA) is 35.6 Å². The predicted octanol–water partition coefficient (Wildman–Crippen LogP) is 3.13. The van der Waals surface area contributed by atoms with Crippen molar-refractivity contribution in [2.75, 3.05) is 25.5 Å². The highest BCUT2D eigenvalue weighted by atomic mass is 16.2. The van der Waals surface area contributed by atoms with Crippen molar-refractivity contribution >= 4 is 11.6 Å². The molecule has 1 aromatic rings. The van der Waals surface area contributed by atoms with Gasteiger partial charge in [0.15, 0.2) is 0 Å². The van der Waals surface area contributed by atoms with Crippen molar-refractivity contribution in [2.45, 2.75) is 57.7 Å². The van der Waals surface area contributed by atoms with Gasteiger partial charge in [-0.2, -0.15) is 0 Å². The molecule has 2 heterocycles.